The Morgan fingerprint density at radius 1 is 1.29 bits per heavy atom. The maximum atomic E-state index is 12.0. The summed E-state index contributed by atoms with van der Waals surface area (Å²) in [5.41, 5.74) is 1.47. The van der Waals surface area contributed by atoms with E-state index in [1.807, 2.05) is 18.2 Å². The van der Waals surface area contributed by atoms with E-state index < -0.39 is 0 Å². The predicted molar refractivity (Wildman–Crippen MR) is 82.5 cm³/mol. The number of hydrogen-bond acceptors (Lipinski definition) is 3. The van der Waals surface area contributed by atoms with Crippen LogP contribution in [0.3, 0.4) is 0 Å². The van der Waals surface area contributed by atoms with Crippen molar-refractivity contribution in [3.8, 4) is 5.75 Å². The minimum atomic E-state index is -0.146. The molecule has 21 heavy (non-hydrogen) atoms. The van der Waals surface area contributed by atoms with Crippen molar-refractivity contribution in [2.45, 2.75) is 39.0 Å². The summed E-state index contributed by atoms with van der Waals surface area (Å²) in [6.45, 7) is 6.26. The summed E-state index contributed by atoms with van der Waals surface area (Å²) in [6, 6.07) is 8.94. The fourth-order valence-electron chi connectivity index (χ4n) is 2.01. The molecule has 0 aliphatic carbocycles. The topological polar surface area (TPSA) is 62.5 Å². The molecule has 1 aromatic heterocycles. The lowest BCUT2D eigenvalue weighted by Gasteiger charge is -2.20. The van der Waals surface area contributed by atoms with Crippen LogP contribution < -0.4 is 5.32 Å². The zero-order chi connectivity index (χ0) is 15.5. The van der Waals surface area contributed by atoms with Gasteiger partial charge in [0.1, 0.15) is 11.5 Å². The number of phenols is 1. The molecule has 2 N–H and O–H groups in total. The normalized spacial score (nSPS) is 11.4. The number of rotatable bonds is 4. The molecule has 4 heteroatoms. The van der Waals surface area contributed by atoms with E-state index in [0.29, 0.717) is 18.5 Å². The molecular weight excluding hydrogens is 266 g/mol. The lowest BCUT2D eigenvalue weighted by Crippen LogP contribution is -2.15. The second kappa shape index (κ2) is 6.04. The average molecular weight is 287 g/mol. The van der Waals surface area contributed by atoms with Gasteiger partial charge in [-0.25, -0.2) is 0 Å². The lowest BCUT2D eigenvalue weighted by atomic mass is 9.87. The number of phenolic OH excluding ortho intramolecular Hbond substituents is 1. The van der Waals surface area contributed by atoms with E-state index >= 15 is 0 Å². The highest BCUT2D eigenvalue weighted by Crippen LogP contribution is 2.30. The van der Waals surface area contributed by atoms with Crippen LogP contribution in [0.1, 0.15) is 38.5 Å². The van der Waals surface area contributed by atoms with Crippen molar-refractivity contribution >= 4 is 11.6 Å². The Balaban J connectivity index is 2.03. The van der Waals surface area contributed by atoms with Gasteiger partial charge < -0.3 is 14.8 Å². The smallest absolute Gasteiger partial charge is 0.224 e. The van der Waals surface area contributed by atoms with E-state index in [0.717, 1.165) is 11.3 Å². The summed E-state index contributed by atoms with van der Waals surface area (Å²) < 4.78 is 5.19. The zero-order valence-electron chi connectivity index (χ0n) is 12.6. The molecule has 0 unspecified atom stereocenters. The SMILES string of the molecule is CC(C)(C)c1ccc(O)c(NC(=O)CCc2ccco2)c1. The number of carbonyl (C=O) groups excluding carboxylic acids is 1. The first-order valence-electron chi connectivity index (χ1n) is 7.02. The Morgan fingerprint density at radius 2 is 2.05 bits per heavy atom. The van der Waals surface area contributed by atoms with Crippen LogP contribution >= 0.6 is 0 Å². The van der Waals surface area contributed by atoms with Crippen LogP contribution in [0.5, 0.6) is 5.75 Å². The van der Waals surface area contributed by atoms with E-state index in [1.165, 1.54) is 0 Å². The first-order valence-corrected chi connectivity index (χ1v) is 7.02. The van der Waals surface area contributed by atoms with Gasteiger partial charge in [0.2, 0.25) is 5.91 Å². The van der Waals surface area contributed by atoms with Crippen LogP contribution in [0, 0.1) is 0 Å². The summed E-state index contributed by atoms with van der Waals surface area (Å²) in [6.07, 6.45) is 2.44. The fourth-order valence-corrected chi connectivity index (χ4v) is 2.01. The number of aryl methyl sites for hydroxylation is 1. The minimum Gasteiger partial charge on any atom is -0.506 e. The highest BCUT2D eigenvalue weighted by molar-refractivity contribution is 5.92. The van der Waals surface area contributed by atoms with Gasteiger partial charge in [-0.05, 0) is 35.2 Å². The second-order valence-electron chi connectivity index (χ2n) is 6.11. The molecular formula is C17H21NO3. The molecule has 1 amide bonds. The van der Waals surface area contributed by atoms with Gasteiger partial charge in [-0.3, -0.25) is 4.79 Å². The molecule has 1 heterocycles. The molecule has 2 aromatic rings. The molecule has 0 saturated carbocycles. The highest BCUT2D eigenvalue weighted by Gasteiger charge is 2.16. The third kappa shape index (κ3) is 4.12. The molecule has 0 aliphatic heterocycles. The standard InChI is InChI=1S/C17H21NO3/c1-17(2,3)12-6-8-15(19)14(11-12)18-16(20)9-7-13-5-4-10-21-13/h4-6,8,10-11,19H,7,9H2,1-3H3,(H,18,20). The molecule has 0 bridgehead atoms. The van der Waals surface area contributed by atoms with Crippen molar-refractivity contribution in [2.24, 2.45) is 0 Å². The second-order valence-corrected chi connectivity index (χ2v) is 6.11. The average Bonchev–Trinajstić information content (AvgIpc) is 2.91. The molecule has 0 spiro atoms. The molecule has 2 rings (SSSR count). The van der Waals surface area contributed by atoms with Crippen molar-refractivity contribution in [1.82, 2.24) is 0 Å². The van der Waals surface area contributed by atoms with E-state index in [1.54, 1.807) is 18.4 Å². The van der Waals surface area contributed by atoms with Crippen LogP contribution in [0.25, 0.3) is 0 Å². The van der Waals surface area contributed by atoms with Crippen LogP contribution in [0.4, 0.5) is 5.69 Å². The lowest BCUT2D eigenvalue weighted by molar-refractivity contribution is -0.116. The van der Waals surface area contributed by atoms with Crippen LogP contribution in [-0.2, 0) is 16.6 Å². The molecule has 0 fully saturated rings. The number of nitrogens with one attached hydrogen (secondary N) is 1. The number of amides is 1. The predicted octanol–water partition coefficient (Wildman–Crippen LogP) is 3.85. The van der Waals surface area contributed by atoms with Gasteiger partial charge in [-0.1, -0.05) is 26.8 Å². The summed E-state index contributed by atoms with van der Waals surface area (Å²) in [5.74, 6) is 0.708. The quantitative estimate of drug-likeness (QED) is 0.839. The van der Waals surface area contributed by atoms with E-state index in [4.69, 9.17) is 4.42 Å². The maximum absolute atomic E-state index is 12.0. The van der Waals surface area contributed by atoms with Gasteiger partial charge in [0.05, 0.1) is 12.0 Å². The molecule has 112 valence electrons. The van der Waals surface area contributed by atoms with Gasteiger partial charge in [0.15, 0.2) is 0 Å². The third-order valence-electron chi connectivity index (χ3n) is 3.32. The number of benzene rings is 1. The number of aromatic hydroxyl groups is 1. The van der Waals surface area contributed by atoms with Gasteiger partial charge in [-0.2, -0.15) is 0 Å². The number of carbonyl (C=O) groups is 1. The van der Waals surface area contributed by atoms with Crippen molar-refractivity contribution < 1.29 is 14.3 Å². The minimum absolute atomic E-state index is 0.0403. The fraction of sp³-hybridized carbons (Fsp3) is 0.353. The Kier molecular flexibility index (Phi) is 4.36. The molecule has 0 saturated heterocycles. The van der Waals surface area contributed by atoms with E-state index in [2.05, 4.69) is 26.1 Å². The van der Waals surface area contributed by atoms with Crippen LogP contribution in [0.15, 0.2) is 41.0 Å². The van der Waals surface area contributed by atoms with Crippen molar-refractivity contribution in [2.75, 3.05) is 5.32 Å². The Bertz CT molecular complexity index is 609. The molecule has 0 radical (unpaired) electrons. The monoisotopic (exact) mass is 287 g/mol. The number of hydrogen-bond donors (Lipinski definition) is 2. The summed E-state index contributed by atoms with van der Waals surface area (Å²) in [7, 11) is 0. The molecule has 4 nitrogen and oxygen atoms in total. The third-order valence-corrected chi connectivity index (χ3v) is 3.32. The Hall–Kier alpha value is -2.23. The first kappa shape index (κ1) is 15.2. The summed E-state index contributed by atoms with van der Waals surface area (Å²) in [4.78, 5) is 12.0. The van der Waals surface area contributed by atoms with E-state index in [9.17, 15) is 9.90 Å². The number of furan rings is 1. The largest absolute Gasteiger partial charge is 0.506 e. The first-order chi connectivity index (χ1) is 9.86. The van der Waals surface area contributed by atoms with Gasteiger partial charge in [0, 0.05) is 12.8 Å². The number of anilines is 1. The van der Waals surface area contributed by atoms with Gasteiger partial charge in [0.25, 0.3) is 0 Å². The van der Waals surface area contributed by atoms with E-state index in [-0.39, 0.29) is 17.1 Å². The highest BCUT2D eigenvalue weighted by atomic mass is 16.3. The Labute approximate surface area is 124 Å². The molecule has 0 atom stereocenters. The Morgan fingerprint density at radius 3 is 2.67 bits per heavy atom. The maximum Gasteiger partial charge on any atom is 0.224 e. The summed E-state index contributed by atoms with van der Waals surface area (Å²) >= 11 is 0. The van der Waals surface area contributed by atoms with Crippen LogP contribution in [0.2, 0.25) is 0 Å². The molecule has 0 aliphatic rings. The van der Waals surface area contributed by atoms with Crippen molar-refractivity contribution in [3.63, 3.8) is 0 Å². The summed E-state index contributed by atoms with van der Waals surface area (Å²) in [5, 5.41) is 12.6. The van der Waals surface area contributed by atoms with Gasteiger partial charge >= 0.3 is 0 Å². The zero-order valence-corrected chi connectivity index (χ0v) is 12.6. The van der Waals surface area contributed by atoms with Gasteiger partial charge in [-0.15, -0.1) is 0 Å². The van der Waals surface area contributed by atoms with Crippen LogP contribution in [-0.4, -0.2) is 11.0 Å². The molecule has 1 aromatic carbocycles. The van der Waals surface area contributed by atoms with Crippen molar-refractivity contribution in [3.05, 3.63) is 47.9 Å². The van der Waals surface area contributed by atoms with Crippen molar-refractivity contribution in [1.29, 1.82) is 0 Å².